The molecule has 2 aromatic heterocycles. The van der Waals surface area contributed by atoms with E-state index in [1.54, 1.807) is 0 Å². The second-order valence-corrected chi connectivity index (χ2v) is 4.17. The predicted molar refractivity (Wildman–Crippen MR) is 55.7 cm³/mol. The molecule has 0 spiro atoms. The molecule has 1 fully saturated rings. The van der Waals surface area contributed by atoms with Crippen LogP contribution in [0.15, 0.2) is 23.0 Å². The minimum atomic E-state index is 0.0621. The average molecular weight is 219 g/mol. The lowest BCUT2D eigenvalue weighted by atomic mass is 10.4. The molecule has 1 aliphatic rings. The Morgan fingerprint density at radius 3 is 3.06 bits per heavy atom. The first-order chi connectivity index (χ1) is 7.85. The van der Waals surface area contributed by atoms with Crippen molar-refractivity contribution < 1.29 is 9.63 Å². The van der Waals surface area contributed by atoms with Gasteiger partial charge < -0.3 is 14.2 Å². The Labute approximate surface area is 92.7 Å². The maximum atomic E-state index is 8.94. The second-order valence-electron chi connectivity index (χ2n) is 4.17. The van der Waals surface area contributed by atoms with Crippen LogP contribution in [0.25, 0.3) is 0 Å². The van der Waals surface area contributed by atoms with E-state index >= 15 is 0 Å². The maximum absolute atomic E-state index is 8.94. The van der Waals surface area contributed by atoms with E-state index in [2.05, 4.69) is 10.1 Å². The summed E-state index contributed by atoms with van der Waals surface area (Å²) in [4.78, 5) is 4.34. The van der Waals surface area contributed by atoms with Crippen molar-refractivity contribution in [1.82, 2.24) is 14.7 Å². The van der Waals surface area contributed by atoms with Crippen molar-refractivity contribution in [1.29, 1.82) is 0 Å². The Hall–Kier alpha value is -1.62. The fraction of sp³-hybridized carbons (Fsp3) is 0.455. The molecular formula is C11H13N3O2. The van der Waals surface area contributed by atoms with Crippen molar-refractivity contribution in [2.75, 3.05) is 0 Å². The van der Waals surface area contributed by atoms with E-state index in [1.807, 2.05) is 23.0 Å². The number of nitrogens with zero attached hydrogens (tertiary/aromatic N) is 3. The summed E-state index contributed by atoms with van der Waals surface area (Å²) in [5.41, 5.74) is 0.894. The average Bonchev–Trinajstić information content (AvgIpc) is 2.88. The Bertz CT molecular complexity index is 485. The summed E-state index contributed by atoms with van der Waals surface area (Å²) in [6.45, 7) is 0.656. The van der Waals surface area contributed by atoms with Crippen molar-refractivity contribution in [2.24, 2.45) is 0 Å². The standard InChI is InChI=1S/C11H13N3O2/c15-7-8-3-4-14(5-8)6-10-12-11(16-13-10)9-1-2-9/h3-5,9,15H,1-2,6-7H2. The summed E-state index contributed by atoms with van der Waals surface area (Å²) in [5, 5.41) is 12.9. The van der Waals surface area contributed by atoms with E-state index in [0.717, 1.165) is 11.5 Å². The fourth-order valence-corrected chi connectivity index (χ4v) is 1.67. The highest BCUT2D eigenvalue weighted by atomic mass is 16.5. The Balaban J connectivity index is 1.72. The molecule has 0 saturated heterocycles. The van der Waals surface area contributed by atoms with Gasteiger partial charge >= 0.3 is 0 Å². The number of aromatic nitrogens is 3. The first-order valence-corrected chi connectivity index (χ1v) is 5.43. The van der Waals surface area contributed by atoms with Crippen molar-refractivity contribution in [3.8, 4) is 0 Å². The summed E-state index contributed by atoms with van der Waals surface area (Å²) in [7, 11) is 0. The molecule has 0 amide bonds. The predicted octanol–water partition coefficient (Wildman–Crippen LogP) is 1.29. The quantitative estimate of drug-likeness (QED) is 0.841. The van der Waals surface area contributed by atoms with Crippen LogP contribution in [0.2, 0.25) is 0 Å². The lowest BCUT2D eigenvalue weighted by molar-refractivity contribution is 0.281. The Morgan fingerprint density at radius 1 is 1.50 bits per heavy atom. The fourth-order valence-electron chi connectivity index (χ4n) is 1.67. The molecule has 1 saturated carbocycles. The SMILES string of the molecule is OCc1ccn(Cc2noc(C3CC3)n2)c1. The van der Waals surface area contributed by atoms with Gasteiger partial charge in [0, 0.05) is 18.3 Å². The van der Waals surface area contributed by atoms with Crippen LogP contribution in [0.5, 0.6) is 0 Å². The molecule has 0 aromatic carbocycles. The zero-order valence-electron chi connectivity index (χ0n) is 8.83. The molecule has 3 rings (SSSR count). The molecule has 0 unspecified atom stereocenters. The molecule has 2 heterocycles. The minimum Gasteiger partial charge on any atom is -0.392 e. The molecule has 0 aliphatic heterocycles. The van der Waals surface area contributed by atoms with E-state index in [0.29, 0.717) is 18.3 Å². The van der Waals surface area contributed by atoms with Crippen LogP contribution in [-0.2, 0) is 13.2 Å². The van der Waals surface area contributed by atoms with Crippen LogP contribution in [0.3, 0.4) is 0 Å². The van der Waals surface area contributed by atoms with Gasteiger partial charge in [0.1, 0.15) is 0 Å². The largest absolute Gasteiger partial charge is 0.392 e. The summed E-state index contributed by atoms with van der Waals surface area (Å²) >= 11 is 0. The molecule has 0 radical (unpaired) electrons. The van der Waals surface area contributed by atoms with Crippen molar-refractivity contribution in [2.45, 2.75) is 31.9 Å². The molecule has 0 atom stereocenters. The number of aliphatic hydroxyl groups is 1. The Morgan fingerprint density at radius 2 is 2.38 bits per heavy atom. The van der Waals surface area contributed by atoms with E-state index in [1.165, 1.54) is 12.8 Å². The Kier molecular flexibility index (Phi) is 2.25. The van der Waals surface area contributed by atoms with Crippen LogP contribution < -0.4 is 0 Å². The van der Waals surface area contributed by atoms with Crippen LogP contribution in [0.4, 0.5) is 0 Å². The van der Waals surface area contributed by atoms with Crippen molar-refractivity contribution in [3.63, 3.8) is 0 Å². The minimum absolute atomic E-state index is 0.0621. The van der Waals surface area contributed by atoms with Gasteiger partial charge in [-0.05, 0) is 24.5 Å². The summed E-state index contributed by atoms with van der Waals surface area (Å²) in [6, 6.07) is 1.88. The lowest BCUT2D eigenvalue weighted by Gasteiger charge is -1.95. The normalized spacial score (nSPS) is 15.6. The molecule has 5 nitrogen and oxygen atoms in total. The van der Waals surface area contributed by atoms with Crippen LogP contribution in [0, 0.1) is 0 Å². The van der Waals surface area contributed by atoms with Gasteiger partial charge in [-0.15, -0.1) is 0 Å². The van der Waals surface area contributed by atoms with Gasteiger partial charge in [-0.3, -0.25) is 0 Å². The molecule has 1 N–H and O–H groups in total. The zero-order valence-corrected chi connectivity index (χ0v) is 8.83. The first kappa shape index (κ1) is 9.59. The summed E-state index contributed by atoms with van der Waals surface area (Å²) < 4.78 is 7.11. The molecule has 2 aromatic rings. The van der Waals surface area contributed by atoms with Gasteiger partial charge in [-0.1, -0.05) is 5.16 Å². The molecular weight excluding hydrogens is 206 g/mol. The van der Waals surface area contributed by atoms with Gasteiger partial charge in [0.25, 0.3) is 0 Å². The third kappa shape index (κ3) is 1.86. The number of aliphatic hydroxyl groups excluding tert-OH is 1. The van der Waals surface area contributed by atoms with Crippen molar-refractivity contribution in [3.05, 3.63) is 35.7 Å². The molecule has 0 bridgehead atoms. The highest BCUT2D eigenvalue weighted by Gasteiger charge is 2.29. The summed E-state index contributed by atoms with van der Waals surface area (Å²) in [5.74, 6) is 1.96. The molecule has 5 heteroatoms. The molecule has 16 heavy (non-hydrogen) atoms. The van der Waals surface area contributed by atoms with E-state index in [9.17, 15) is 0 Å². The maximum Gasteiger partial charge on any atom is 0.229 e. The number of rotatable bonds is 4. The smallest absolute Gasteiger partial charge is 0.229 e. The number of hydrogen-bond acceptors (Lipinski definition) is 4. The molecule has 84 valence electrons. The van der Waals surface area contributed by atoms with Crippen molar-refractivity contribution >= 4 is 0 Å². The zero-order chi connectivity index (χ0) is 11.0. The third-order valence-corrected chi connectivity index (χ3v) is 2.73. The van der Waals surface area contributed by atoms with E-state index in [4.69, 9.17) is 9.63 Å². The van der Waals surface area contributed by atoms with Gasteiger partial charge in [0.05, 0.1) is 13.2 Å². The van der Waals surface area contributed by atoms with Gasteiger partial charge in [-0.2, -0.15) is 4.98 Å². The van der Waals surface area contributed by atoms with Crippen LogP contribution in [0.1, 0.15) is 36.0 Å². The van der Waals surface area contributed by atoms with Crippen LogP contribution in [-0.4, -0.2) is 19.8 Å². The van der Waals surface area contributed by atoms with Gasteiger partial charge in [0.2, 0.25) is 5.89 Å². The topological polar surface area (TPSA) is 64.1 Å². The summed E-state index contributed by atoms with van der Waals surface area (Å²) in [6.07, 6.45) is 6.12. The third-order valence-electron chi connectivity index (χ3n) is 2.73. The van der Waals surface area contributed by atoms with Gasteiger partial charge in [0.15, 0.2) is 5.82 Å². The monoisotopic (exact) mass is 219 g/mol. The van der Waals surface area contributed by atoms with Crippen LogP contribution >= 0.6 is 0 Å². The second kappa shape index (κ2) is 3.75. The van der Waals surface area contributed by atoms with Gasteiger partial charge in [-0.25, -0.2) is 0 Å². The lowest BCUT2D eigenvalue weighted by Crippen LogP contribution is -1.98. The van der Waals surface area contributed by atoms with E-state index in [-0.39, 0.29) is 6.61 Å². The molecule has 1 aliphatic carbocycles. The highest BCUT2D eigenvalue weighted by molar-refractivity contribution is 5.10. The highest BCUT2D eigenvalue weighted by Crippen LogP contribution is 2.38. The first-order valence-electron chi connectivity index (χ1n) is 5.43. The van der Waals surface area contributed by atoms with E-state index < -0.39 is 0 Å². The number of hydrogen-bond donors (Lipinski definition) is 1.